The number of fused-ring (bicyclic) bond motifs is 1. The highest BCUT2D eigenvalue weighted by Gasteiger charge is 2.24. The number of anilines is 1. The summed E-state index contributed by atoms with van der Waals surface area (Å²) in [5.41, 5.74) is 2.11. The SMILES string of the molecule is COc1ccc(CN2C(=O)CSc3ccc(I)cc32)cc1. The lowest BCUT2D eigenvalue weighted by Crippen LogP contribution is -2.34. The van der Waals surface area contributed by atoms with Crippen LogP contribution in [0.5, 0.6) is 5.75 Å². The summed E-state index contributed by atoms with van der Waals surface area (Å²) in [6.07, 6.45) is 0. The Hall–Kier alpha value is -1.21. The van der Waals surface area contributed by atoms with Gasteiger partial charge in [-0.25, -0.2) is 0 Å². The van der Waals surface area contributed by atoms with E-state index in [1.807, 2.05) is 29.2 Å². The van der Waals surface area contributed by atoms with Crippen LogP contribution in [0, 0.1) is 3.57 Å². The van der Waals surface area contributed by atoms with E-state index in [0.717, 1.165) is 20.6 Å². The van der Waals surface area contributed by atoms with Gasteiger partial charge in [-0.1, -0.05) is 12.1 Å². The number of rotatable bonds is 3. The first-order valence-electron chi connectivity index (χ1n) is 6.53. The van der Waals surface area contributed by atoms with E-state index in [-0.39, 0.29) is 5.91 Å². The molecular formula is C16H14INO2S. The molecule has 5 heteroatoms. The molecule has 0 bridgehead atoms. The second-order valence-electron chi connectivity index (χ2n) is 4.73. The third-order valence-corrected chi connectivity index (χ3v) is 5.08. The Morgan fingerprint density at radius 3 is 2.71 bits per heavy atom. The predicted octanol–water partition coefficient (Wildman–Crippen LogP) is 3.94. The normalized spacial score (nSPS) is 14.0. The van der Waals surface area contributed by atoms with Crippen LogP contribution >= 0.6 is 34.4 Å². The fraction of sp³-hybridized carbons (Fsp3) is 0.188. The van der Waals surface area contributed by atoms with E-state index in [0.29, 0.717) is 12.3 Å². The van der Waals surface area contributed by atoms with Gasteiger partial charge in [0.25, 0.3) is 0 Å². The minimum absolute atomic E-state index is 0.158. The van der Waals surface area contributed by atoms with Crippen molar-refractivity contribution in [3.8, 4) is 5.75 Å². The first-order chi connectivity index (χ1) is 10.2. The number of ether oxygens (including phenoxy) is 1. The van der Waals surface area contributed by atoms with Gasteiger partial charge in [0.05, 0.1) is 25.1 Å². The van der Waals surface area contributed by atoms with Gasteiger partial charge in [-0.05, 0) is 58.5 Å². The topological polar surface area (TPSA) is 29.5 Å². The summed E-state index contributed by atoms with van der Waals surface area (Å²) in [5.74, 6) is 1.49. The Morgan fingerprint density at radius 2 is 2.00 bits per heavy atom. The number of hydrogen-bond donors (Lipinski definition) is 0. The van der Waals surface area contributed by atoms with Crippen molar-refractivity contribution in [1.82, 2.24) is 0 Å². The first-order valence-corrected chi connectivity index (χ1v) is 8.59. The Balaban J connectivity index is 1.90. The van der Waals surface area contributed by atoms with Crippen molar-refractivity contribution in [2.75, 3.05) is 17.8 Å². The Morgan fingerprint density at radius 1 is 1.24 bits per heavy atom. The second-order valence-corrected chi connectivity index (χ2v) is 6.99. The molecule has 0 radical (unpaired) electrons. The molecule has 0 fully saturated rings. The zero-order valence-electron chi connectivity index (χ0n) is 11.5. The number of halogens is 1. The van der Waals surface area contributed by atoms with Crippen molar-refractivity contribution < 1.29 is 9.53 Å². The highest BCUT2D eigenvalue weighted by Crippen LogP contribution is 2.37. The van der Waals surface area contributed by atoms with Crippen molar-refractivity contribution in [3.05, 3.63) is 51.6 Å². The summed E-state index contributed by atoms with van der Waals surface area (Å²) >= 11 is 3.89. The maximum absolute atomic E-state index is 12.3. The lowest BCUT2D eigenvalue weighted by molar-refractivity contribution is -0.116. The number of carbonyl (C=O) groups excluding carboxylic acids is 1. The fourth-order valence-electron chi connectivity index (χ4n) is 2.26. The van der Waals surface area contributed by atoms with Gasteiger partial charge in [0.2, 0.25) is 5.91 Å². The number of amides is 1. The molecule has 2 aromatic rings. The zero-order valence-corrected chi connectivity index (χ0v) is 14.5. The molecule has 1 heterocycles. The average molecular weight is 411 g/mol. The average Bonchev–Trinajstić information content (AvgIpc) is 2.51. The smallest absolute Gasteiger partial charge is 0.237 e. The summed E-state index contributed by atoms with van der Waals surface area (Å²) < 4.78 is 6.31. The fourth-order valence-corrected chi connectivity index (χ4v) is 3.65. The van der Waals surface area contributed by atoms with Crippen molar-refractivity contribution >= 4 is 45.9 Å². The molecular weight excluding hydrogens is 397 g/mol. The molecule has 0 spiro atoms. The molecule has 3 rings (SSSR count). The van der Waals surface area contributed by atoms with Crippen molar-refractivity contribution in [2.24, 2.45) is 0 Å². The van der Waals surface area contributed by atoms with Gasteiger partial charge in [0.15, 0.2) is 0 Å². The minimum atomic E-state index is 0.158. The standard InChI is InChI=1S/C16H14INO2S/c1-20-13-5-2-11(3-6-13)9-18-14-8-12(17)4-7-15(14)21-10-16(18)19/h2-8H,9-10H2,1H3. The summed E-state index contributed by atoms with van der Waals surface area (Å²) in [6.45, 7) is 0.594. The molecule has 0 saturated heterocycles. The van der Waals surface area contributed by atoms with Crippen LogP contribution in [0.3, 0.4) is 0 Å². The zero-order chi connectivity index (χ0) is 14.8. The maximum atomic E-state index is 12.3. The number of benzene rings is 2. The van der Waals surface area contributed by atoms with E-state index < -0.39 is 0 Å². The molecule has 2 aromatic carbocycles. The van der Waals surface area contributed by atoms with E-state index in [2.05, 4.69) is 40.8 Å². The van der Waals surface area contributed by atoms with Crippen LogP contribution in [0.2, 0.25) is 0 Å². The Kier molecular flexibility index (Phi) is 4.40. The van der Waals surface area contributed by atoms with Crippen molar-refractivity contribution in [3.63, 3.8) is 0 Å². The van der Waals surface area contributed by atoms with E-state index in [1.54, 1.807) is 18.9 Å². The van der Waals surface area contributed by atoms with Gasteiger partial charge in [-0.15, -0.1) is 11.8 Å². The van der Waals surface area contributed by atoms with Crippen LogP contribution in [-0.4, -0.2) is 18.8 Å². The highest BCUT2D eigenvalue weighted by atomic mass is 127. The Bertz CT molecular complexity index is 672. The molecule has 0 unspecified atom stereocenters. The molecule has 1 amide bonds. The highest BCUT2D eigenvalue weighted by molar-refractivity contribution is 14.1. The predicted molar refractivity (Wildman–Crippen MR) is 94.1 cm³/mol. The third-order valence-electron chi connectivity index (χ3n) is 3.36. The van der Waals surface area contributed by atoms with Crippen LogP contribution in [0.1, 0.15) is 5.56 Å². The number of nitrogens with zero attached hydrogens (tertiary/aromatic N) is 1. The minimum Gasteiger partial charge on any atom is -0.497 e. The molecule has 0 aromatic heterocycles. The number of hydrogen-bond acceptors (Lipinski definition) is 3. The number of carbonyl (C=O) groups is 1. The summed E-state index contributed by atoms with van der Waals surface area (Å²) in [7, 11) is 1.65. The molecule has 21 heavy (non-hydrogen) atoms. The largest absolute Gasteiger partial charge is 0.497 e. The quantitative estimate of drug-likeness (QED) is 0.717. The summed E-state index contributed by atoms with van der Waals surface area (Å²) in [4.78, 5) is 15.3. The number of methoxy groups -OCH3 is 1. The van der Waals surface area contributed by atoms with Crippen LogP contribution in [0.15, 0.2) is 47.4 Å². The molecule has 3 nitrogen and oxygen atoms in total. The third kappa shape index (κ3) is 3.18. The van der Waals surface area contributed by atoms with E-state index in [1.165, 1.54) is 4.90 Å². The van der Waals surface area contributed by atoms with Crippen LogP contribution in [0.25, 0.3) is 0 Å². The molecule has 1 aliphatic heterocycles. The van der Waals surface area contributed by atoms with Crippen LogP contribution in [0.4, 0.5) is 5.69 Å². The molecule has 1 aliphatic rings. The van der Waals surface area contributed by atoms with Gasteiger partial charge >= 0.3 is 0 Å². The van der Waals surface area contributed by atoms with Gasteiger partial charge in [0.1, 0.15) is 5.75 Å². The lowest BCUT2D eigenvalue weighted by Gasteiger charge is -2.29. The van der Waals surface area contributed by atoms with E-state index in [9.17, 15) is 4.79 Å². The molecule has 108 valence electrons. The molecule has 0 aliphatic carbocycles. The molecule has 0 saturated carbocycles. The van der Waals surface area contributed by atoms with Gasteiger partial charge in [0, 0.05) is 8.47 Å². The second kappa shape index (κ2) is 6.27. The van der Waals surface area contributed by atoms with Crippen LogP contribution in [-0.2, 0) is 11.3 Å². The van der Waals surface area contributed by atoms with E-state index in [4.69, 9.17) is 4.74 Å². The van der Waals surface area contributed by atoms with Crippen molar-refractivity contribution in [1.29, 1.82) is 0 Å². The Labute approximate surface area is 141 Å². The van der Waals surface area contributed by atoms with Gasteiger partial charge in [-0.3, -0.25) is 4.79 Å². The van der Waals surface area contributed by atoms with E-state index >= 15 is 0 Å². The first kappa shape index (κ1) is 14.7. The van der Waals surface area contributed by atoms with Gasteiger partial charge in [-0.2, -0.15) is 0 Å². The summed E-state index contributed by atoms with van der Waals surface area (Å²) in [5, 5.41) is 0. The lowest BCUT2D eigenvalue weighted by atomic mass is 10.2. The monoisotopic (exact) mass is 411 g/mol. The molecule has 0 N–H and O–H groups in total. The maximum Gasteiger partial charge on any atom is 0.237 e. The summed E-state index contributed by atoms with van der Waals surface area (Å²) in [6, 6.07) is 14.1. The van der Waals surface area contributed by atoms with Gasteiger partial charge < -0.3 is 9.64 Å². The van der Waals surface area contributed by atoms with Crippen molar-refractivity contribution in [2.45, 2.75) is 11.4 Å². The van der Waals surface area contributed by atoms with Crippen LogP contribution < -0.4 is 9.64 Å². The molecule has 0 atom stereocenters. The number of thioether (sulfide) groups is 1.